The molecule has 0 aliphatic heterocycles. The van der Waals surface area contributed by atoms with Gasteiger partial charge in [0, 0.05) is 6.04 Å². The van der Waals surface area contributed by atoms with Crippen LogP contribution in [0.15, 0.2) is 0 Å². The average molecular weight is 171 g/mol. The van der Waals surface area contributed by atoms with Crippen LogP contribution in [0, 0.1) is 0 Å². The molecule has 0 unspecified atom stereocenters. The van der Waals surface area contributed by atoms with Gasteiger partial charge in [0.25, 0.3) is 10.0 Å². The van der Waals surface area contributed by atoms with E-state index in [1.165, 1.54) is 0 Å². The van der Waals surface area contributed by atoms with E-state index in [0.29, 0.717) is 12.8 Å². The molecule has 0 atom stereocenters. The van der Waals surface area contributed by atoms with E-state index < -0.39 is 15.8 Å². The number of rotatable bonds is 3. The highest BCUT2D eigenvalue weighted by Crippen LogP contribution is 2.21. The third kappa shape index (κ3) is 1.88. The number of sulfonamides is 1. The fraction of sp³-hybridized carbons (Fsp3) is 1.00. The van der Waals surface area contributed by atoms with Crippen molar-refractivity contribution >= 4 is 10.0 Å². The maximum atomic E-state index is 11.6. The predicted molar refractivity (Wildman–Crippen MR) is 31.1 cm³/mol. The lowest BCUT2D eigenvalue weighted by molar-refractivity contribution is 0.232. The molecule has 6 heteroatoms. The van der Waals surface area contributed by atoms with Crippen LogP contribution in [0.2, 0.25) is 0 Å². The van der Waals surface area contributed by atoms with Gasteiger partial charge in [-0.25, -0.2) is 13.1 Å². The number of hydrogen-bond donors (Lipinski definition) is 1. The molecule has 10 heavy (non-hydrogen) atoms. The quantitative estimate of drug-likeness (QED) is 0.663. The van der Waals surface area contributed by atoms with E-state index in [1.807, 2.05) is 4.72 Å². The Kier molecular flexibility index (Phi) is 1.91. The van der Waals surface area contributed by atoms with Gasteiger partial charge in [-0.05, 0) is 12.8 Å². The number of halogens is 2. The summed E-state index contributed by atoms with van der Waals surface area (Å²) in [6.07, 6.45) is 1.35. The van der Waals surface area contributed by atoms with Crippen molar-refractivity contribution < 1.29 is 17.2 Å². The molecular formula is C4H7F2NO2S. The lowest BCUT2D eigenvalue weighted by Crippen LogP contribution is -2.30. The SMILES string of the molecule is O=S(=O)(NC1CC1)C(F)F. The summed E-state index contributed by atoms with van der Waals surface area (Å²) in [7, 11) is -4.32. The second-order valence-corrected chi connectivity index (χ2v) is 3.88. The van der Waals surface area contributed by atoms with Gasteiger partial charge >= 0.3 is 5.76 Å². The molecule has 1 rings (SSSR count). The first-order valence-electron chi connectivity index (χ1n) is 2.81. The number of nitrogens with one attached hydrogen (secondary N) is 1. The van der Waals surface area contributed by atoms with Crippen LogP contribution in [0.4, 0.5) is 8.78 Å². The van der Waals surface area contributed by atoms with Crippen molar-refractivity contribution in [2.45, 2.75) is 24.6 Å². The van der Waals surface area contributed by atoms with Crippen LogP contribution in [-0.2, 0) is 10.0 Å². The molecule has 0 saturated heterocycles. The van der Waals surface area contributed by atoms with Crippen LogP contribution >= 0.6 is 0 Å². The second-order valence-electron chi connectivity index (χ2n) is 2.20. The molecule has 1 N–H and O–H groups in total. The summed E-state index contributed by atoms with van der Waals surface area (Å²) in [5.41, 5.74) is 0. The van der Waals surface area contributed by atoms with Gasteiger partial charge in [0.15, 0.2) is 0 Å². The molecule has 0 aromatic carbocycles. The molecular weight excluding hydrogens is 164 g/mol. The molecule has 1 aliphatic carbocycles. The second kappa shape index (κ2) is 2.43. The fourth-order valence-corrected chi connectivity index (χ4v) is 1.29. The molecule has 0 aromatic rings. The monoisotopic (exact) mass is 171 g/mol. The number of hydrogen-bond acceptors (Lipinski definition) is 2. The standard InChI is InChI=1S/C4H7F2NO2S/c5-4(6)10(8,9)7-3-1-2-3/h3-4,7H,1-2H2. The Morgan fingerprint density at radius 2 is 1.90 bits per heavy atom. The van der Waals surface area contributed by atoms with Gasteiger partial charge in [0.05, 0.1) is 0 Å². The zero-order valence-electron chi connectivity index (χ0n) is 5.05. The Labute approximate surface area is 57.5 Å². The van der Waals surface area contributed by atoms with Crippen LogP contribution in [0.25, 0.3) is 0 Å². The first-order chi connectivity index (χ1) is 4.52. The van der Waals surface area contributed by atoms with Crippen LogP contribution in [0.3, 0.4) is 0 Å². The normalized spacial score (nSPS) is 19.9. The molecule has 0 amide bonds. The molecule has 0 bridgehead atoms. The Balaban J connectivity index is 2.50. The lowest BCUT2D eigenvalue weighted by atomic mass is 10.8. The van der Waals surface area contributed by atoms with Crippen LogP contribution in [0.1, 0.15) is 12.8 Å². The first kappa shape index (κ1) is 7.87. The molecule has 0 heterocycles. The molecule has 0 spiro atoms. The summed E-state index contributed by atoms with van der Waals surface area (Å²) in [5, 5.41) is 0. The van der Waals surface area contributed by atoms with E-state index in [9.17, 15) is 17.2 Å². The van der Waals surface area contributed by atoms with Crippen molar-refractivity contribution in [3.8, 4) is 0 Å². The largest absolute Gasteiger partial charge is 0.350 e. The van der Waals surface area contributed by atoms with Gasteiger partial charge in [-0.15, -0.1) is 0 Å². The van der Waals surface area contributed by atoms with Crippen molar-refractivity contribution in [1.82, 2.24) is 4.72 Å². The molecule has 1 aliphatic rings. The van der Waals surface area contributed by atoms with E-state index >= 15 is 0 Å². The van der Waals surface area contributed by atoms with Gasteiger partial charge in [-0.2, -0.15) is 8.78 Å². The summed E-state index contributed by atoms with van der Waals surface area (Å²) >= 11 is 0. The molecule has 3 nitrogen and oxygen atoms in total. The van der Waals surface area contributed by atoms with E-state index in [4.69, 9.17) is 0 Å². The molecule has 60 valence electrons. The Hall–Kier alpha value is -0.230. The van der Waals surface area contributed by atoms with Crippen molar-refractivity contribution in [3.63, 3.8) is 0 Å². The van der Waals surface area contributed by atoms with Crippen molar-refractivity contribution in [3.05, 3.63) is 0 Å². The van der Waals surface area contributed by atoms with Crippen molar-refractivity contribution in [2.75, 3.05) is 0 Å². The van der Waals surface area contributed by atoms with E-state index in [-0.39, 0.29) is 6.04 Å². The van der Waals surface area contributed by atoms with Gasteiger partial charge in [-0.3, -0.25) is 0 Å². The maximum absolute atomic E-state index is 11.6. The minimum atomic E-state index is -4.32. The van der Waals surface area contributed by atoms with Crippen molar-refractivity contribution in [1.29, 1.82) is 0 Å². The highest BCUT2D eigenvalue weighted by atomic mass is 32.2. The van der Waals surface area contributed by atoms with E-state index in [0.717, 1.165) is 0 Å². The summed E-state index contributed by atoms with van der Waals surface area (Å²) in [6, 6.07) is -0.237. The third-order valence-corrected chi connectivity index (χ3v) is 2.27. The van der Waals surface area contributed by atoms with Crippen LogP contribution in [0.5, 0.6) is 0 Å². The molecule has 1 fully saturated rings. The van der Waals surface area contributed by atoms with Gasteiger partial charge in [0.2, 0.25) is 0 Å². The zero-order chi connectivity index (χ0) is 7.78. The molecule has 0 radical (unpaired) electrons. The third-order valence-electron chi connectivity index (χ3n) is 1.14. The van der Waals surface area contributed by atoms with Gasteiger partial charge in [-0.1, -0.05) is 0 Å². The topological polar surface area (TPSA) is 46.2 Å². The average Bonchev–Trinajstić information content (AvgIpc) is 2.48. The van der Waals surface area contributed by atoms with Gasteiger partial charge < -0.3 is 0 Å². The fourth-order valence-electron chi connectivity index (χ4n) is 0.485. The zero-order valence-corrected chi connectivity index (χ0v) is 5.87. The van der Waals surface area contributed by atoms with Gasteiger partial charge in [0.1, 0.15) is 0 Å². The number of alkyl halides is 2. The van der Waals surface area contributed by atoms with Crippen LogP contribution < -0.4 is 4.72 Å². The summed E-state index contributed by atoms with van der Waals surface area (Å²) in [6.45, 7) is 0. The Morgan fingerprint density at radius 1 is 1.40 bits per heavy atom. The first-order valence-corrected chi connectivity index (χ1v) is 4.36. The summed E-state index contributed by atoms with van der Waals surface area (Å²) in [4.78, 5) is 0. The highest BCUT2D eigenvalue weighted by molar-refractivity contribution is 7.89. The van der Waals surface area contributed by atoms with Crippen molar-refractivity contribution in [2.24, 2.45) is 0 Å². The molecule has 1 saturated carbocycles. The van der Waals surface area contributed by atoms with E-state index in [1.54, 1.807) is 0 Å². The van der Waals surface area contributed by atoms with Crippen LogP contribution in [-0.4, -0.2) is 20.2 Å². The summed E-state index contributed by atoms with van der Waals surface area (Å²) < 4.78 is 45.6. The highest BCUT2D eigenvalue weighted by Gasteiger charge is 2.32. The summed E-state index contributed by atoms with van der Waals surface area (Å²) in [5.74, 6) is -3.30. The van der Waals surface area contributed by atoms with E-state index in [2.05, 4.69) is 0 Å². The molecule has 0 aromatic heterocycles. The Morgan fingerprint density at radius 3 is 2.20 bits per heavy atom. The predicted octanol–water partition coefficient (Wildman–Crippen LogP) is 0.291. The lowest BCUT2D eigenvalue weighted by Gasteiger charge is -2.01. The smallest absolute Gasteiger partial charge is 0.207 e. The maximum Gasteiger partial charge on any atom is 0.350 e. The Bertz CT molecular complexity index is 209. The minimum absolute atomic E-state index is 0.237. The minimum Gasteiger partial charge on any atom is -0.207 e.